The molecule has 4 rings (SSSR count). The molecule has 0 N–H and O–H groups in total. The number of nitro groups is 1. The number of benzene rings is 2. The maximum Gasteiger partial charge on any atom is 0.310 e. The first-order valence-electron chi connectivity index (χ1n) is 9.78. The monoisotopic (exact) mass is 412 g/mol. The molecule has 1 aliphatic rings. The molecule has 0 aliphatic carbocycles. The Bertz CT molecular complexity index is 1030. The number of aromatic nitrogens is 2. The largest absolute Gasteiger partial charge is 0.485 e. The quantitative estimate of drug-likeness (QED) is 0.427. The fourth-order valence-electron chi connectivity index (χ4n) is 3.62. The second-order valence-corrected chi connectivity index (χ2v) is 7.18. The fourth-order valence-corrected chi connectivity index (χ4v) is 3.62. The molecule has 30 heavy (non-hydrogen) atoms. The summed E-state index contributed by atoms with van der Waals surface area (Å²) in [5.74, 6) is 0.925. The van der Waals surface area contributed by atoms with Gasteiger partial charge in [0.2, 0.25) is 11.7 Å². The molecule has 0 radical (unpaired) electrons. The van der Waals surface area contributed by atoms with E-state index in [4.69, 9.17) is 9.26 Å². The molecule has 2 heterocycles. The van der Waals surface area contributed by atoms with Crippen molar-refractivity contribution in [1.82, 2.24) is 15.0 Å². The number of hydrogen-bond acceptors (Lipinski definition) is 7. The van der Waals surface area contributed by atoms with Gasteiger partial charge in [0.25, 0.3) is 0 Å². The van der Waals surface area contributed by atoms with Gasteiger partial charge in [-0.05, 0) is 37.6 Å². The molecule has 1 aliphatic heterocycles. The lowest BCUT2D eigenvalue weighted by Gasteiger charge is -2.30. The zero-order valence-corrected chi connectivity index (χ0v) is 16.2. The van der Waals surface area contributed by atoms with Crippen LogP contribution in [0.4, 0.5) is 10.1 Å². The molecule has 0 saturated carbocycles. The smallest absolute Gasteiger partial charge is 0.310 e. The topological polar surface area (TPSA) is 94.5 Å². The van der Waals surface area contributed by atoms with E-state index in [0.29, 0.717) is 30.4 Å². The lowest BCUT2D eigenvalue weighted by atomic mass is 9.98. The summed E-state index contributed by atoms with van der Waals surface area (Å²) in [6.07, 6.45) is 1.89. The Morgan fingerprint density at radius 1 is 1.27 bits per heavy atom. The summed E-state index contributed by atoms with van der Waals surface area (Å²) in [4.78, 5) is 17.3. The number of rotatable bonds is 7. The van der Waals surface area contributed by atoms with Gasteiger partial charge in [-0.3, -0.25) is 15.0 Å². The van der Waals surface area contributed by atoms with Crippen molar-refractivity contribution in [3.63, 3.8) is 0 Å². The second kappa shape index (κ2) is 9.00. The highest BCUT2D eigenvalue weighted by atomic mass is 19.1. The fraction of sp³-hybridized carbons (Fsp3) is 0.333. The molecule has 2 aromatic carbocycles. The average molecular weight is 412 g/mol. The van der Waals surface area contributed by atoms with Crippen molar-refractivity contribution in [2.24, 2.45) is 0 Å². The van der Waals surface area contributed by atoms with Crippen LogP contribution in [0, 0.1) is 15.9 Å². The number of nitro benzene ring substituents is 1. The first kappa shape index (κ1) is 20.0. The van der Waals surface area contributed by atoms with Gasteiger partial charge < -0.3 is 9.26 Å². The van der Waals surface area contributed by atoms with Crippen LogP contribution in [0.5, 0.6) is 5.75 Å². The van der Waals surface area contributed by atoms with Crippen molar-refractivity contribution in [2.75, 3.05) is 26.2 Å². The molecule has 156 valence electrons. The van der Waals surface area contributed by atoms with Crippen molar-refractivity contribution in [1.29, 1.82) is 0 Å². The molecule has 1 saturated heterocycles. The molecule has 1 unspecified atom stereocenters. The van der Waals surface area contributed by atoms with Crippen molar-refractivity contribution in [3.05, 3.63) is 70.4 Å². The van der Waals surface area contributed by atoms with Gasteiger partial charge in [0.1, 0.15) is 12.4 Å². The van der Waals surface area contributed by atoms with Crippen molar-refractivity contribution in [3.8, 4) is 17.1 Å². The molecule has 0 bridgehead atoms. The van der Waals surface area contributed by atoms with Gasteiger partial charge in [0, 0.05) is 24.7 Å². The standard InChI is InChI=1S/C21H21FN4O4/c22-17-7-3-5-15(13-17)20-23-21(30-24-20)16-6-4-10-25(14-16)11-12-29-19-9-2-1-8-18(19)26(27)28/h1-3,5,7-9,13,16H,4,6,10-12,14H2. The predicted octanol–water partition coefficient (Wildman–Crippen LogP) is 4.04. The van der Waals surface area contributed by atoms with Crippen LogP contribution in [0.1, 0.15) is 24.7 Å². The molecule has 8 nitrogen and oxygen atoms in total. The summed E-state index contributed by atoms with van der Waals surface area (Å²) in [5, 5.41) is 15.1. The molecule has 1 atom stereocenters. The Labute approximate surface area is 172 Å². The van der Waals surface area contributed by atoms with Gasteiger partial charge >= 0.3 is 5.69 Å². The molecule has 0 amide bonds. The van der Waals surface area contributed by atoms with E-state index in [1.54, 1.807) is 30.3 Å². The highest BCUT2D eigenvalue weighted by molar-refractivity contribution is 5.54. The lowest BCUT2D eigenvalue weighted by molar-refractivity contribution is -0.385. The van der Waals surface area contributed by atoms with Crippen LogP contribution in [0.2, 0.25) is 0 Å². The van der Waals surface area contributed by atoms with E-state index in [1.807, 2.05) is 0 Å². The van der Waals surface area contributed by atoms with Gasteiger partial charge in [0.05, 0.1) is 10.8 Å². The van der Waals surface area contributed by atoms with Crippen LogP contribution in [0.15, 0.2) is 53.1 Å². The lowest BCUT2D eigenvalue weighted by Crippen LogP contribution is -2.37. The predicted molar refractivity (Wildman–Crippen MR) is 107 cm³/mol. The van der Waals surface area contributed by atoms with Gasteiger partial charge in [-0.1, -0.05) is 29.4 Å². The van der Waals surface area contributed by atoms with E-state index < -0.39 is 4.92 Å². The van der Waals surface area contributed by atoms with E-state index in [2.05, 4.69) is 15.0 Å². The molecular formula is C21H21FN4O4. The summed E-state index contributed by atoms with van der Waals surface area (Å²) in [7, 11) is 0. The van der Waals surface area contributed by atoms with Gasteiger partial charge in [-0.25, -0.2) is 4.39 Å². The minimum atomic E-state index is -0.446. The van der Waals surface area contributed by atoms with Gasteiger partial charge in [-0.2, -0.15) is 4.98 Å². The molecular weight excluding hydrogens is 391 g/mol. The molecule has 1 aromatic heterocycles. The zero-order chi connectivity index (χ0) is 20.9. The minimum Gasteiger partial charge on any atom is -0.485 e. The van der Waals surface area contributed by atoms with Crippen LogP contribution in [-0.4, -0.2) is 46.2 Å². The van der Waals surface area contributed by atoms with E-state index in [-0.39, 0.29) is 23.2 Å². The summed E-state index contributed by atoms with van der Waals surface area (Å²) < 4.78 is 24.5. The Balaban J connectivity index is 1.35. The van der Waals surface area contributed by atoms with Crippen LogP contribution < -0.4 is 4.74 Å². The Morgan fingerprint density at radius 3 is 2.97 bits per heavy atom. The van der Waals surface area contributed by atoms with Crippen LogP contribution in [0.25, 0.3) is 11.4 Å². The number of piperidine rings is 1. The normalized spacial score (nSPS) is 17.0. The number of ether oxygens (including phenoxy) is 1. The van der Waals surface area contributed by atoms with Gasteiger partial charge in [-0.15, -0.1) is 0 Å². The van der Waals surface area contributed by atoms with E-state index in [0.717, 1.165) is 25.9 Å². The molecule has 1 fully saturated rings. The highest BCUT2D eigenvalue weighted by Crippen LogP contribution is 2.28. The summed E-state index contributed by atoms with van der Waals surface area (Å²) >= 11 is 0. The second-order valence-electron chi connectivity index (χ2n) is 7.18. The Morgan fingerprint density at radius 2 is 2.13 bits per heavy atom. The van der Waals surface area contributed by atoms with Crippen molar-refractivity contribution >= 4 is 5.69 Å². The number of nitrogens with zero attached hydrogens (tertiary/aromatic N) is 4. The maximum absolute atomic E-state index is 13.4. The third-order valence-electron chi connectivity index (χ3n) is 5.11. The summed E-state index contributed by atoms with van der Waals surface area (Å²) in [6.45, 7) is 2.61. The number of para-hydroxylation sites is 2. The number of likely N-dealkylation sites (tertiary alicyclic amines) is 1. The van der Waals surface area contributed by atoms with Gasteiger partial charge in [0.15, 0.2) is 5.75 Å². The van der Waals surface area contributed by atoms with Crippen molar-refractivity contribution < 1.29 is 18.6 Å². The third kappa shape index (κ3) is 4.62. The number of hydrogen-bond donors (Lipinski definition) is 0. The van der Waals surface area contributed by atoms with E-state index in [1.165, 1.54) is 18.2 Å². The first-order chi connectivity index (χ1) is 14.6. The van der Waals surface area contributed by atoms with Crippen LogP contribution in [0.3, 0.4) is 0 Å². The average Bonchev–Trinajstić information content (AvgIpc) is 3.25. The van der Waals surface area contributed by atoms with Crippen LogP contribution >= 0.6 is 0 Å². The SMILES string of the molecule is O=[N+]([O-])c1ccccc1OCCN1CCCC(c2nc(-c3cccc(F)c3)no2)C1. The highest BCUT2D eigenvalue weighted by Gasteiger charge is 2.26. The van der Waals surface area contributed by atoms with E-state index >= 15 is 0 Å². The minimum absolute atomic E-state index is 0.0373. The third-order valence-corrected chi connectivity index (χ3v) is 5.11. The Hall–Kier alpha value is -3.33. The molecule has 3 aromatic rings. The van der Waals surface area contributed by atoms with E-state index in [9.17, 15) is 14.5 Å². The first-order valence-corrected chi connectivity index (χ1v) is 9.78. The molecule has 0 spiro atoms. The number of halogens is 1. The maximum atomic E-state index is 13.4. The molecule has 9 heteroatoms. The Kier molecular flexibility index (Phi) is 5.99. The summed E-state index contributed by atoms with van der Waals surface area (Å²) in [6, 6.07) is 12.5. The zero-order valence-electron chi connectivity index (χ0n) is 16.2. The van der Waals surface area contributed by atoms with Crippen LogP contribution in [-0.2, 0) is 0 Å². The van der Waals surface area contributed by atoms with Crippen molar-refractivity contribution in [2.45, 2.75) is 18.8 Å². The summed E-state index contributed by atoms with van der Waals surface area (Å²) in [5.41, 5.74) is 0.542.